The highest BCUT2D eigenvalue weighted by atomic mass is 16.4. The highest BCUT2D eigenvalue weighted by Crippen LogP contribution is 2.31. The molecule has 0 amide bonds. The molecule has 0 atom stereocenters. The number of imidazole rings is 1. The average Bonchev–Trinajstić information content (AvgIpc) is 3.27. The van der Waals surface area contributed by atoms with E-state index >= 15 is 0 Å². The molecule has 1 saturated carbocycles. The largest absolute Gasteiger partial charge is 0.419 e. The average molecular weight is 336 g/mol. The van der Waals surface area contributed by atoms with E-state index in [1.807, 2.05) is 12.1 Å². The summed E-state index contributed by atoms with van der Waals surface area (Å²) in [5.74, 6) is 0.985. The van der Waals surface area contributed by atoms with Gasteiger partial charge in [0.1, 0.15) is 0 Å². The Hall–Kier alpha value is -3.16. The van der Waals surface area contributed by atoms with Crippen LogP contribution in [0.2, 0.25) is 0 Å². The molecule has 126 valence electrons. The van der Waals surface area contributed by atoms with Gasteiger partial charge in [0.05, 0.1) is 18.0 Å². The summed E-state index contributed by atoms with van der Waals surface area (Å²) >= 11 is 0. The van der Waals surface area contributed by atoms with E-state index in [1.165, 1.54) is 17.4 Å². The van der Waals surface area contributed by atoms with Crippen LogP contribution in [0.25, 0.3) is 22.4 Å². The van der Waals surface area contributed by atoms with Crippen molar-refractivity contribution in [2.75, 3.05) is 5.32 Å². The molecule has 0 saturated heterocycles. The Bertz CT molecular complexity index is 1150. The first kappa shape index (κ1) is 14.2. The quantitative estimate of drug-likeness (QED) is 0.615. The fourth-order valence-corrected chi connectivity index (χ4v) is 2.97. The number of fused-ring (bicyclic) bond motifs is 2. The summed E-state index contributed by atoms with van der Waals surface area (Å²) < 4.78 is 8.76. The second-order valence-electron chi connectivity index (χ2n) is 6.48. The van der Waals surface area contributed by atoms with Crippen molar-refractivity contribution in [2.45, 2.75) is 19.4 Å². The number of benzene rings is 1. The lowest BCUT2D eigenvalue weighted by molar-refractivity contribution is 0.528. The number of hydrogen-bond donors (Lipinski definition) is 1. The lowest BCUT2D eigenvalue weighted by Crippen LogP contribution is -2.08. The predicted octanol–water partition coefficient (Wildman–Crippen LogP) is 2.42. The van der Waals surface area contributed by atoms with Crippen molar-refractivity contribution in [1.29, 1.82) is 0 Å². The van der Waals surface area contributed by atoms with Crippen molar-refractivity contribution in [3.05, 3.63) is 41.3 Å². The van der Waals surface area contributed by atoms with E-state index in [9.17, 15) is 4.79 Å². The molecule has 8 nitrogen and oxygen atoms in total. The maximum absolute atomic E-state index is 11.6. The van der Waals surface area contributed by atoms with E-state index in [0.29, 0.717) is 17.0 Å². The van der Waals surface area contributed by atoms with Crippen molar-refractivity contribution in [1.82, 2.24) is 24.1 Å². The van der Waals surface area contributed by atoms with Gasteiger partial charge in [0.15, 0.2) is 22.7 Å². The van der Waals surface area contributed by atoms with Gasteiger partial charge in [-0.1, -0.05) is 0 Å². The highest BCUT2D eigenvalue weighted by molar-refractivity contribution is 5.79. The van der Waals surface area contributed by atoms with Crippen LogP contribution in [0.3, 0.4) is 0 Å². The molecule has 0 radical (unpaired) electrons. The van der Waals surface area contributed by atoms with Crippen LogP contribution in [-0.4, -0.2) is 24.1 Å². The smallest absolute Gasteiger partial charge is 0.408 e. The maximum Gasteiger partial charge on any atom is 0.419 e. The Labute approximate surface area is 142 Å². The van der Waals surface area contributed by atoms with E-state index in [-0.39, 0.29) is 5.76 Å². The Morgan fingerprint density at radius 3 is 3.04 bits per heavy atom. The molecule has 0 unspecified atom stereocenters. The summed E-state index contributed by atoms with van der Waals surface area (Å²) in [6.07, 6.45) is 6.00. The number of nitrogens with one attached hydrogen (secondary N) is 1. The third kappa shape index (κ3) is 2.46. The van der Waals surface area contributed by atoms with Gasteiger partial charge in [-0.3, -0.25) is 4.57 Å². The topological polar surface area (TPSA) is 90.8 Å². The minimum absolute atomic E-state index is 0.377. The van der Waals surface area contributed by atoms with Crippen molar-refractivity contribution in [2.24, 2.45) is 13.0 Å². The second kappa shape index (κ2) is 5.17. The zero-order valence-electron chi connectivity index (χ0n) is 13.6. The number of aromatic nitrogens is 5. The Morgan fingerprint density at radius 1 is 1.32 bits per heavy atom. The van der Waals surface area contributed by atoms with Gasteiger partial charge < -0.3 is 14.3 Å². The summed E-state index contributed by atoms with van der Waals surface area (Å²) in [6, 6.07) is 5.50. The molecular weight excluding hydrogens is 320 g/mol. The summed E-state index contributed by atoms with van der Waals surface area (Å²) in [7, 11) is 1.68. The van der Waals surface area contributed by atoms with Crippen LogP contribution < -0.4 is 11.1 Å². The molecule has 5 rings (SSSR count). The summed E-state index contributed by atoms with van der Waals surface area (Å²) in [5.41, 5.74) is 3.49. The molecule has 25 heavy (non-hydrogen) atoms. The fraction of sp³-hybridized carbons (Fsp3) is 0.294. The van der Waals surface area contributed by atoms with Crippen molar-refractivity contribution in [3.63, 3.8) is 0 Å². The van der Waals surface area contributed by atoms with E-state index in [0.717, 1.165) is 29.3 Å². The Morgan fingerprint density at radius 2 is 2.20 bits per heavy atom. The summed E-state index contributed by atoms with van der Waals surface area (Å²) in [6.45, 7) is 0.940. The molecule has 0 aliphatic heterocycles. The van der Waals surface area contributed by atoms with Crippen LogP contribution in [0.1, 0.15) is 12.8 Å². The van der Waals surface area contributed by atoms with E-state index in [1.54, 1.807) is 25.6 Å². The zero-order valence-corrected chi connectivity index (χ0v) is 13.6. The summed E-state index contributed by atoms with van der Waals surface area (Å²) in [5, 5.41) is 3.22. The van der Waals surface area contributed by atoms with Crippen LogP contribution >= 0.6 is 0 Å². The van der Waals surface area contributed by atoms with Gasteiger partial charge in [-0.2, -0.15) is 0 Å². The SMILES string of the molecule is Cn1c(=O)oc2cc(Nc3cnc4ncn(CC5CC5)c4n3)ccc21. The molecule has 3 heterocycles. The number of anilines is 2. The van der Waals surface area contributed by atoms with Gasteiger partial charge >= 0.3 is 5.76 Å². The van der Waals surface area contributed by atoms with Crippen LogP contribution in [0, 0.1) is 5.92 Å². The van der Waals surface area contributed by atoms with Crippen molar-refractivity contribution >= 4 is 33.9 Å². The molecule has 4 aromatic rings. The lowest BCUT2D eigenvalue weighted by Gasteiger charge is -2.06. The van der Waals surface area contributed by atoms with Crippen LogP contribution in [-0.2, 0) is 13.6 Å². The first-order valence-corrected chi connectivity index (χ1v) is 8.22. The number of rotatable bonds is 4. The highest BCUT2D eigenvalue weighted by Gasteiger charge is 2.23. The van der Waals surface area contributed by atoms with Gasteiger partial charge in [0.2, 0.25) is 0 Å². The van der Waals surface area contributed by atoms with E-state index in [2.05, 4.69) is 24.8 Å². The molecule has 1 fully saturated rings. The zero-order chi connectivity index (χ0) is 17.0. The van der Waals surface area contributed by atoms with E-state index in [4.69, 9.17) is 4.42 Å². The Kier molecular flexibility index (Phi) is 2.94. The Balaban J connectivity index is 1.49. The summed E-state index contributed by atoms with van der Waals surface area (Å²) in [4.78, 5) is 24.9. The minimum atomic E-state index is -0.377. The fourth-order valence-electron chi connectivity index (χ4n) is 2.97. The van der Waals surface area contributed by atoms with Crippen LogP contribution in [0.5, 0.6) is 0 Å². The van der Waals surface area contributed by atoms with Gasteiger partial charge in [-0.25, -0.2) is 19.7 Å². The molecule has 1 aliphatic rings. The first-order chi connectivity index (χ1) is 12.2. The minimum Gasteiger partial charge on any atom is -0.408 e. The maximum atomic E-state index is 11.6. The molecule has 0 bridgehead atoms. The third-order valence-corrected chi connectivity index (χ3v) is 4.54. The molecule has 1 aliphatic carbocycles. The van der Waals surface area contributed by atoms with Crippen LogP contribution in [0.15, 0.2) is 39.9 Å². The predicted molar refractivity (Wildman–Crippen MR) is 92.8 cm³/mol. The number of oxazole rings is 1. The number of aryl methyl sites for hydroxylation is 1. The van der Waals surface area contributed by atoms with Gasteiger partial charge in [-0.05, 0) is 30.9 Å². The first-order valence-electron chi connectivity index (χ1n) is 8.22. The number of nitrogens with zero attached hydrogens (tertiary/aromatic N) is 5. The normalized spacial score (nSPS) is 14.4. The van der Waals surface area contributed by atoms with Gasteiger partial charge in [0, 0.05) is 25.3 Å². The molecule has 1 N–H and O–H groups in total. The molecule has 8 heteroatoms. The second-order valence-corrected chi connectivity index (χ2v) is 6.48. The molecule has 0 spiro atoms. The molecule has 1 aromatic carbocycles. The molecule has 3 aromatic heterocycles. The lowest BCUT2D eigenvalue weighted by atomic mass is 10.3. The van der Waals surface area contributed by atoms with Gasteiger partial charge in [0.25, 0.3) is 0 Å². The number of hydrogen-bond acceptors (Lipinski definition) is 6. The van der Waals surface area contributed by atoms with E-state index < -0.39 is 0 Å². The third-order valence-electron chi connectivity index (χ3n) is 4.54. The van der Waals surface area contributed by atoms with Gasteiger partial charge in [-0.15, -0.1) is 0 Å². The van der Waals surface area contributed by atoms with Crippen LogP contribution in [0.4, 0.5) is 11.5 Å². The van der Waals surface area contributed by atoms with Crippen molar-refractivity contribution < 1.29 is 4.42 Å². The molecular formula is C17H16N6O2. The van der Waals surface area contributed by atoms with Crippen molar-refractivity contribution in [3.8, 4) is 0 Å². The monoisotopic (exact) mass is 336 g/mol. The standard InChI is InChI=1S/C17H16N6O2/c1-22-12-5-4-11(6-13(12)25-17(22)24)20-14-7-18-15-16(21-14)23(9-19-15)8-10-2-3-10/h4-7,9-10H,2-3,8H2,1H3,(H,20,21).